The molecule has 138 valence electrons. The minimum absolute atomic E-state index is 0.0943. The predicted molar refractivity (Wildman–Crippen MR) is 93.7 cm³/mol. The van der Waals surface area contributed by atoms with Gasteiger partial charge in [0.15, 0.2) is 0 Å². The van der Waals surface area contributed by atoms with E-state index in [2.05, 4.69) is 13.8 Å². The fourth-order valence-electron chi connectivity index (χ4n) is 3.18. The Labute approximate surface area is 143 Å². The van der Waals surface area contributed by atoms with E-state index in [1.54, 1.807) is 21.3 Å². The zero-order chi connectivity index (χ0) is 17.1. The molecule has 0 N–H and O–H groups in total. The normalized spacial score (nSPS) is 20.5. The topological polar surface area (TPSA) is 49.5 Å². The number of ether oxygens (including phenoxy) is 2. The molecule has 5 nitrogen and oxygen atoms in total. The summed E-state index contributed by atoms with van der Waals surface area (Å²) in [6, 6.07) is 0. The fourth-order valence-corrected chi connectivity index (χ4v) is 5.93. The van der Waals surface area contributed by atoms with Crippen molar-refractivity contribution in [3.8, 4) is 0 Å². The average Bonchev–Trinajstić information content (AvgIpc) is 3.40. The van der Waals surface area contributed by atoms with Gasteiger partial charge >= 0.3 is 8.80 Å². The van der Waals surface area contributed by atoms with Crippen LogP contribution in [0.4, 0.5) is 0 Å². The van der Waals surface area contributed by atoms with Gasteiger partial charge in [-0.2, -0.15) is 0 Å². The van der Waals surface area contributed by atoms with Crippen LogP contribution in [0, 0.1) is 0 Å². The molecule has 3 unspecified atom stereocenters. The van der Waals surface area contributed by atoms with E-state index in [4.69, 9.17) is 22.8 Å². The smallest absolute Gasteiger partial charge is 0.377 e. The summed E-state index contributed by atoms with van der Waals surface area (Å²) in [6.45, 7) is 5.87. The Hall–Kier alpha value is 0.0169. The molecule has 3 atom stereocenters. The lowest BCUT2D eigenvalue weighted by atomic mass is 10.0. The van der Waals surface area contributed by atoms with Crippen LogP contribution in [0.5, 0.6) is 0 Å². The first-order valence-corrected chi connectivity index (χ1v) is 10.9. The third-order valence-electron chi connectivity index (χ3n) is 4.68. The molecular weight excluding hydrogens is 312 g/mol. The van der Waals surface area contributed by atoms with Crippen molar-refractivity contribution < 1.29 is 22.8 Å². The lowest BCUT2D eigenvalue weighted by Crippen LogP contribution is -2.52. The van der Waals surface area contributed by atoms with Gasteiger partial charge in [0.25, 0.3) is 0 Å². The van der Waals surface area contributed by atoms with Crippen molar-refractivity contribution in [3.63, 3.8) is 0 Å². The fraction of sp³-hybridized carbons (Fsp3) is 1.00. The molecule has 0 amide bonds. The summed E-state index contributed by atoms with van der Waals surface area (Å²) < 4.78 is 28.7. The standard InChI is InChI=1S/C17H36O5Si/c1-6-8-9-10-11-12-17(23(18-3,19-4)20-5)16(7-2)22-14-15-13-21-15/h15-17H,6-14H2,1-5H3. The molecule has 23 heavy (non-hydrogen) atoms. The molecule has 0 radical (unpaired) electrons. The molecule has 0 aliphatic carbocycles. The van der Waals surface area contributed by atoms with Crippen LogP contribution in [0.1, 0.15) is 58.8 Å². The van der Waals surface area contributed by atoms with E-state index in [-0.39, 0.29) is 17.7 Å². The second-order valence-electron chi connectivity index (χ2n) is 6.26. The molecule has 0 aromatic heterocycles. The van der Waals surface area contributed by atoms with Crippen LogP contribution < -0.4 is 0 Å². The average molecular weight is 349 g/mol. The van der Waals surface area contributed by atoms with Crippen LogP contribution in [0.15, 0.2) is 0 Å². The van der Waals surface area contributed by atoms with E-state index >= 15 is 0 Å². The zero-order valence-electron chi connectivity index (χ0n) is 15.6. The van der Waals surface area contributed by atoms with Gasteiger partial charge in [-0.25, -0.2) is 0 Å². The van der Waals surface area contributed by atoms with E-state index in [0.29, 0.717) is 6.61 Å². The Bertz CT molecular complexity index is 286. The Balaban J connectivity index is 2.66. The molecule has 0 spiro atoms. The molecule has 1 heterocycles. The lowest BCUT2D eigenvalue weighted by molar-refractivity contribution is 0.00599. The first kappa shape index (κ1) is 21.1. The van der Waals surface area contributed by atoms with Gasteiger partial charge in [-0.15, -0.1) is 0 Å². The summed E-state index contributed by atoms with van der Waals surface area (Å²) in [5, 5.41) is 0. The molecule has 1 saturated heterocycles. The molecule has 1 aliphatic rings. The highest BCUT2D eigenvalue weighted by atomic mass is 28.4. The number of hydrogen-bond acceptors (Lipinski definition) is 5. The predicted octanol–water partition coefficient (Wildman–Crippen LogP) is 3.79. The summed E-state index contributed by atoms with van der Waals surface area (Å²) in [5.74, 6) is 0. The quantitative estimate of drug-likeness (QED) is 0.256. The molecule has 0 saturated carbocycles. The second kappa shape index (κ2) is 11.6. The minimum atomic E-state index is -2.72. The highest BCUT2D eigenvalue weighted by Crippen LogP contribution is 2.36. The van der Waals surface area contributed by atoms with E-state index in [1.165, 1.54) is 25.7 Å². The van der Waals surface area contributed by atoms with Crippen molar-refractivity contribution in [3.05, 3.63) is 0 Å². The SMILES string of the molecule is CCCCCCCC(C(CC)OCC1CO1)[Si](OC)(OC)OC. The zero-order valence-corrected chi connectivity index (χ0v) is 16.6. The monoisotopic (exact) mass is 348 g/mol. The molecule has 1 rings (SSSR count). The van der Waals surface area contributed by atoms with Crippen molar-refractivity contribution in [2.45, 2.75) is 76.5 Å². The summed E-state index contributed by atoms with van der Waals surface area (Å²) >= 11 is 0. The summed E-state index contributed by atoms with van der Waals surface area (Å²) in [5.41, 5.74) is 0.174. The van der Waals surface area contributed by atoms with Crippen LogP contribution in [-0.4, -0.2) is 55.6 Å². The van der Waals surface area contributed by atoms with E-state index < -0.39 is 8.80 Å². The Morgan fingerprint density at radius 2 is 1.61 bits per heavy atom. The van der Waals surface area contributed by atoms with Crippen molar-refractivity contribution >= 4 is 8.80 Å². The van der Waals surface area contributed by atoms with Crippen LogP contribution in [0.3, 0.4) is 0 Å². The van der Waals surface area contributed by atoms with Gasteiger partial charge < -0.3 is 22.8 Å². The maximum absolute atomic E-state index is 6.14. The summed E-state index contributed by atoms with van der Waals surface area (Å²) in [4.78, 5) is 0. The maximum atomic E-state index is 6.14. The first-order chi connectivity index (χ1) is 11.2. The number of epoxide rings is 1. The summed E-state index contributed by atoms with van der Waals surface area (Å²) in [6.07, 6.45) is 8.58. The molecule has 0 bridgehead atoms. The van der Waals surface area contributed by atoms with Gasteiger partial charge in [0.1, 0.15) is 6.10 Å². The van der Waals surface area contributed by atoms with Crippen molar-refractivity contribution in [1.29, 1.82) is 0 Å². The van der Waals surface area contributed by atoms with Gasteiger partial charge in [-0.1, -0.05) is 46.0 Å². The van der Waals surface area contributed by atoms with Crippen LogP contribution in [0.25, 0.3) is 0 Å². The first-order valence-electron chi connectivity index (χ1n) is 9.06. The Kier molecular flexibility index (Phi) is 10.6. The molecule has 1 aliphatic heterocycles. The molecular formula is C17H36O5Si. The van der Waals surface area contributed by atoms with Crippen molar-refractivity contribution in [2.75, 3.05) is 34.5 Å². The number of hydrogen-bond donors (Lipinski definition) is 0. The third-order valence-corrected chi connectivity index (χ3v) is 7.95. The highest BCUT2D eigenvalue weighted by molar-refractivity contribution is 6.62. The van der Waals surface area contributed by atoms with Crippen molar-refractivity contribution in [2.24, 2.45) is 0 Å². The Morgan fingerprint density at radius 3 is 2.09 bits per heavy atom. The molecule has 1 fully saturated rings. The van der Waals surface area contributed by atoms with E-state index in [0.717, 1.165) is 25.9 Å². The molecule has 6 heteroatoms. The van der Waals surface area contributed by atoms with E-state index in [1.807, 2.05) is 0 Å². The van der Waals surface area contributed by atoms with Gasteiger partial charge in [0.05, 0.1) is 24.9 Å². The second-order valence-corrected chi connectivity index (χ2v) is 9.43. The van der Waals surface area contributed by atoms with Gasteiger partial charge in [0, 0.05) is 21.3 Å². The van der Waals surface area contributed by atoms with Crippen LogP contribution in [-0.2, 0) is 22.8 Å². The summed E-state index contributed by atoms with van der Waals surface area (Å²) in [7, 11) is 2.37. The van der Waals surface area contributed by atoms with Crippen LogP contribution >= 0.6 is 0 Å². The molecule has 0 aromatic carbocycles. The maximum Gasteiger partial charge on any atom is 0.506 e. The van der Waals surface area contributed by atoms with Gasteiger partial charge in [0.2, 0.25) is 0 Å². The van der Waals surface area contributed by atoms with Gasteiger partial charge in [-0.3, -0.25) is 0 Å². The van der Waals surface area contributed by atoms with Crippen molar-refractivity contribution in [1.82, 2.24) is 0 Å². The Morgan fingerprint density at radius 1 is 1.00 bits per heavy atom. The van der Waals surface area contributed by atoms with Crippen LogP contribution in [0.2, 0.25) is 5.54 Å². The van der Waals surface area contributed by atoms with E-state index in [9.17, 15) is 0 Å². The number of rotatable bonds is 15. The molecule has 0 aromatic rings. The third kappa shape index (κ3) is 6.80. The highest BCUT2D eigenvalue weighted by Gasteiger charge is 2.50. The lowest BCUT2D eigenvalue weighted by Gasteiger charge is -2.37. The number of unbranched alkanes of at least 4 members (excludes halogenated alkanes) is 4. The largest absolute Gasteiger partial charge is 0.506 e. The minimum Gasteiger partial charge on any atom is -0.377 e. The van der Waals surface area contributed by atoms with Gasteiger partial charge in [-0.05, 0) is 12.8 Å².